The molecule has 0 aromatic heterocycles. The summed E-state index contributed by atoms with van der Waals surface area (Å²) in [5.41, 5.74) is 5.74. The highest BCUT2D eigenvalue weighted by molar-refractivity contribution is 5.79. The van der Waals surface area contributed by atoms with Crippen LogP contribution in [0.25, 0.3) is 0 Å². The molecule has 0 aromatic carbocycles. The van der Waals surface area contributed by atoms with Crippen LogP contribution in [-0.2, 0) is 4.79 Å². The van der Waals surface area contributed by atoms with Crippen molar-refractivity contribution < 1.29 is 4.79 Å². The Bertz CT molecular complexity index is 318. The SMILES string of the molecule is CC(C)N(C(=O)CN1CCC(CN)CC1)C1CCCCC1. The van der Waals surface area contributed by atoms with Gasteiger partial charge in [-0.1, -0.05) is 19.3 Å². The smallest absolute Gasteiger partial charge is 0.237 e. The normalized spacial score (nSPS) is 22.7. The van der Waals surface area contributed by atoms with Crippen LogP contribution in [0.15, 0.2) is 0 Å². The molecule has 1 saturated heterocycles. The van der Waals surface area contributed by atoms with E-state index >= 15 is 0 Å². The lowest BCUT2D eigenvalue weighted by Crippen LogP contribution is -2.50. The molecule has 4 heteroatoms. The van der Waals surface area contributed by atoms with Crippen LogP contribution < -0.4 is 5.73 Å². The van der Waals surface area contributed by atoms with Crippen LogP contribution >= 0.6 is 0 Å². The van der Waals surface area contributed by atoms with Gasteiger partial charge in [-0.05, 0) is 65.1 Å². The molecule has 21 heavy (non-hydrogen) atoms. The average Bonchev–Trinajstić information content (AvgIpc) is 2.49. The molecular weight excluding hydrogens is 262 g/mol. The van der Waals surface area contributed by atoms with Crippen molar-refractivity contribution in [3.05, 3.63) is 0 Å². The van der Waals surface area contributed by atoms with Gasteiger partial charge >= 0.3 is 0 Å². The Morgan fingerprint density at radius 1 is 1.14 bits per heavy atom. The number of nitrogens with zero attached hydrogens (tertiary/aromatic N) is 2. The van der Waals surface area contributed by atoms with Gasteiger partial charge in [0, 0.05) is 12.1 Å². The molecule has 2 N–H and O–H groups in total. The summed E-state index contributed by atoms with van der Waals surface area (Å²) in [6.07, 6.45) is 8.58. The van der Waals surface area contributed by atoms with E-state index in [1.807, 2.05) is 0 Å². The fourth-order valence-corrected chi connectivity index (χ4v) is 3.93. The van der Waals surface area contributed by atoms with Crippen molar-refractivity contribution in [3.63, 3.8) is 0 Å². The number of carbonyl (C=O) groups excluding carboxylic acids is 1. The summed E-state index contributed by atoms with van der Waals surface area (Å²) in [6.45, 7) is 7.78. The maximum Gasteiger partial charge on any atom is 0.237 e. The summed E-state index contributed by atoms with van der Waals surface area (Å²) in [5.74, 6) is 0.999. The number of likely N-dealkylation sites (tertiary alicyclic amines) is 1. The van der Waals surface area contributed by atoms with Crippen molar-refractivity contribution in [2.45, 2.75) is 70.9 Å². The first-order valence-corrected chi connectivity index (χ1v) is 8.85. The van der Waals surface area contributed by atoms with Gasteiger partial charge in [-0.25, -0.2) is 0 Å². The maximum absolute atomic E-state index is 12.8. The molecule has 0 atom stereocenters. The topological polar surface area (TPSA) is 49.6 Å². The molecule has 4 nitrogen and oxygen atoms in total. The van der Waals surface area contributed by atoms with Gasteiger partial charge in [0.05, 0.1) is 6.54 Å². The second-order valence-electron chi connectivity index (χ2n) is 7.14. The van der Waals surface area contributed by atoms with Gasteiger partial charge in [0.1, 0.15) is 0 Å². The molecule has 0 unspecified atom stereocenters. The molecule has 2 fully saturated rings. The van der Waals surface area contributed by atoms with Gasteiger partial charge in [0.2, 0.25) is 5.91 Å². The van der Waals surface area contributed by atoms with E-state index in [9.17, 15) is 4.79 Å². The standard InChI is InChI=1S/C17H33N3O/c1-14(2)20(16-6-4-3-5-7-16)17(21)13-19-10-8-15(12-18)9-11-19/h14-16H,3-13,18H2,1-2H3. The Morgan fingerprint density at radius 3 is 2.29 bits per heavy atom. The summed E-state index contributed by atoms with van der Waals surface area (Å²) in [7, 11) is 0. The quantitative estimate of drug-likeness (QED) is 0.846. The van der Waals surface area contributed by atoms with Crippen LogP contribution in [0.2, 0.25) is 0 Å². The van der Waals surface area contributed by atoms with Gasteiger partial charge < -0.3 is 10.6 Å². The lowest BCUT2D eigenvalue weighted by molar-refractivity contribution is -0.137. The van der Waals surface area contributed by atoms with Crippen molar-refractivity contribution >= 4 is 5.91 Å². The summed E-state index contributed by atoms with van der Waals surface area (Å²) in [5, 5.41) is 0. The van der Waals surface area contributed by atoms with E-state index in [0.717, 1.165) is 32.5 Å². The number of rotatable bonds is 5. The summed E-state index contributed by atoms with van der Waals surface area (Å²) in [4.78, 5) is 17.3. The second-order valence-corrected chi connectivity index (χ2v) is 7.14. The first-order valence-electron chi connectivity index (χ1n) is 8.85. The molecule has 1 amide bonds. The fraction of sp³-hybridized carbons (Fsp3) is 0.941. The van der Waals surface area contributed by atoms with Gasteiger partial charge in [-0.15, -0.1) is 0 Å². The molecule has 1 aliphatic carbocycles. The Labute approximate surface area is 130 Å². The highest BCUT2D eigenvalue weighted by atomic mass is 16.2. The molecule has 1 aliphatic heterocycles. The number of carbonyl (C=O) groups is 1. The highest BCUT2D eigenvalue weighted by Crippen LogP contribution is 2.25. The zero-order valence-electron chi connectivity index (χ0n) is 13.9. The third-order valence-electron chi connectivity index (χ3n) is 5.21. The summed E-state index contributed by atoms with van der Waals surface area (Å²) in [6, 6.07) is 0.801. The number of hydrogen-bond acceptors (Lipinski definition) is 3. The zero-order chi connectivity index (χ0) is 15.2. The highest BCUT2D eigenvalue weighted by Gasteiger charge is 2.29. The molecule has 1 saturated carbocycles. The Morgan fingerprint density at radius 2 is 1.76 bits per heavy atom. The van der Waals surface area contributed by atoms with Gasteiger partial charge in [0.25, 0.3) is 0 Å². The molecule has 2 rings (SSSR count). The molecule has 0 spiro atoms. The van der Waals surface area contributed by atoms with Crippen LogP contribution in [0.3, 0.4) is 0 Å². The monoisotopic (exact) mass is 295 g/mol. The second kappa shape index (κ2) is 8.14. The Hall–Kier alpha value is -0.610. The van der Waals surface area contributed by atoms with Crippen molar-refractivity contribution in [3.8, 4) is 0 Å². The Balaban J connectivity index is 1.87. The largest absolute Gasteiger partial charge is 0.336 e. The van der Waals surface area contributed by atoms with Crippen molar-refractivity contribution in [2.75, 3.05) is 26.2 Å². The number of nitrogens with two attached hydrogens (primary N) is 1. The molecule has 0 aromatic rings. The third-order valence-corrected chi connectivity index (χ3v) is 5.21. The van der Waals surface area contributed by atoms with E-state index in [0.29, 0.717) is 30.5 Å². The van der Waals surface area contributed by atoms with Crippen LogP contribution in [-0.4, -0.2) is 54.0 Å². The van der Waals surface area contributed by atoms with Crippen LogP contribution in [0.4, 0.5) is 0 Å². The van der Waals surface area contributed by atoms with Crippen molar-refractivity contribution in [1.29, 1.82) is 0 Å². The fourth-order valence-electron chi connectivity index (χ4n) is 3.93. The van der Waals surface area contributed by atoms with Crippen LogP contribution in [0.1, 0.15) is 58.8 Å². The molecule has 0 bridgehead atoms. The number of hydrogen-bond donors (Lipinski definition) is 1. The van der Waals surface area contributed by atoms with E-state index < -0.39 is 0 Å². The van der Waals surface area contributed by atoms with Gasteiger partial charge in [0.15, 0.2) is 0 Å². The molecule has 0 radical (unpaired) electrons. The summed E-state index contributed by atoms with van der Waals surface area (Å²) < 4.78 is 0. The van der Waals surface area contributed by atoms with Crippen LogP contribution in [0.5, 0.6) is 0 Å². The predicted octanol–water partition coefficient (Wildman–Crippen LogP) is 2.23. The maximum atomic E-state index is 12.8. The van der Waals surface area contributed by atoms with E-state index in [-0.39, 0.29) is 0 Å². The van der Waals surface area contributed by atoms with Crippen LogP contribution in [0, 0.1) is 5.92 Å². The minimum absolute atomic E-state index is 0.321. The molecule has 2 aliphatic rings. The lowest BCUT2D eigenvalue weighted by Gasteiger charge is -2.39. The Kier molecular flexibility index (Phi) is 6.49. The van der Waals surface area contributed by atoms with Crippen molar-refractivity contribution in [1.82, 2.24) is 9.80 Å². The third kappa shape index (κ3) is 4.68. The van der Waals surface area contributed by atoms with Gasteiger partial charge in [-0.2, -0.15) is 0 Å². The lowest BCUT2D eigenvalue weighted by atomic mass is 9.93. The van der Waals surface area contributed by atoms with E-state index in [2.05, 4.69) is 23.6 Å². The average molecular weight is 295 g/mol. The molecule has 1 heterocycles. The van der Waals surface area contributed by atoms with E-state index in [1.165, 1.54) is 32.1 Å². The minimum atomic E-state index is 0.321. The molecule has 122 valence electrons. The van der Waals surface area contributed by atoms with E-state index in [4.69, 9.17) is 5.73 Å². The van der Waals surface area contributed by atoms with Crippen molar-refractivity contribution in [2.24, 2.45) is 11.7 Å². The zero-order valence-corrected chi connectivity index (χ0v) is 13.9. The number of amides is 1. The van der Waals surface area contributed by atoms with E-state index in [1.54, 1.807) is 0 Å². The number of piperidine rings is 1. The first kappa shape index (κ1) is 16.8. The minimum Gasteiger partial charge on any atom is -0.336 e. The molecular formula is C17H33N3O. The predicted molar refractivity (Wildman–Crippen MR) is 87.1 cm³/mol. The summed E-state index contributed by atoms with van der Waals surface area (Å²) >= 11 is 0. The van der Waals surface area contributed by atoms with Gasteiger partial charge in [-0.3, -0.25) is 9.69 Å². The first-order chi connectivity index (χ1) is 10.1.